The Morgan fingerprint density at radius 2 is 1.95 bits per heavy atom. The summed E-state index contributed by atoms with van der Waals surface area (Å²) >= 11 is 1.84. The lowest BCUT2D eigenvalue weighted by Gasteiger charge is -2.16. The van der Waals surface area contributed by atoms with Gasteiger partial charge in [-0.25, -0.2) is 4.39 Å². The molecule has 0 saturated carbocycles. The average molecular weight is 277 g/mol. The third-order valence-corrected chi connectivity index (χ3v) is 4.67. The molecule has 0 radical (unpaired) electrons. The standard InChI is InChI=1S/C16H20FNS/c1-4-13-7-8-14(19-13)10-16(18-3)12-6-5-11(2)15(17)9-12/h5-9,16,18H,4,10H2,1-3H3. The molecule has 0 amide bonds. The van der Waals surface area contributed by atoms with Gasteiger partial charge < -0.3 is 5.32 Å². The molecule has 0 spiro atoms. The van der Waals surface area contributed by atoms with Gasteiger partial charge in [0.05, 0.1) is 0 Å². The molecule has 0 aliphatic rings. The Bertz CT molecular complexity index is 547. The Morgan fingerprint density at radius 1 is 1.21 bits per heavy atom. The predicted octanol–water partition coefficient (Wildman–Crippen LogP) is 4.26. The molecule has 2 aromatic rings. The van der Waals surface area contributed by atoms with Crippen LogP contribution in [0.3, 0.4) is 0 Å². The molecule has 19 heavy (non-hydrogen) atoms. The van der Waals surface area contributed by atoms with Gasteiger partial charge in [0, 0.05) is 22.2 Å². The van der Waals surface area contributed by atoms with Gasteiger partial charge in [0.2, 0.25) is 0 Å². The summed E-state index contributed by atoms with van der Waals surface area (Å²) in [5, 5.41) is 3.28. The van der Waals surface area contributed by atoms with Crippen LogP contribution in [0.5, 0.6) is 0 Å². The highest BCUT2D eigenvalue weighted by molar-refractivity contribution is 7.11. The van der Waals surface area contributed by atoms with Crippen molar-refractivity contribution in [3.63, 3.8) is 0 Å². The first kappa shape index (κ1) is 14.2. The van der Waals surface area contributed by atoms with E-state index in [0.717, 1.165) is 18.4 Å². The maximum atomic E-state index is 13.6. The molecule has 1 unspecified atom stereocenters. The Morgan fingerprint density at radius 3 is 2.53 bits per heavy atom. The molecule has 3 heteroatoms. The Balaban J connectivity index is 2.17. The highest BCUT2D eigenvalue weighted by Gasteiger charge is 2.13. The molecule has 1 atom stereocenters. The molecule has 1 aromatic carbocycles. The maximum Gasteiger partial charge on any atom is 0.126 e. The zero-order chi connectivity index (χ0) is 13.8. The minimum Gasteiger partial charge on any atom is -0.313 e. The van der Waals surface area contributed by atoms with Crippen LogP contribution in [0, 0.1) is 12.7 Å². The third-order valence-electron chi connectivity index (χ3n) is 3.42. The lowest BCUT2D eigenvalue weighted by Crippen LogP contribution is -2.18. The number of rotatable bonds is 5. The average Bonchev–Trinajstić information content (AvgIpc) is 2.87. The summed E-state index contributed by atoms with van der Waals surface area (Å²) < 4.78 is 13.6. The number of aryl methyl sites for hydroxylation is 2. The summed E-state index contributed by atoms with van der Waals surface area (Å²) in [4.78, 5) is 2.75. The highest BCUT2D eigenvalue weighted by Crippen LogP contribution is 2.25. The van der Waals surface area contributed by atoms with Crippen molar-refractivity contribution in [2.24, 2.45) is 0 Å². The van der Waals surface area contributed by atoms with E-state index in [1.807, 2.05) is 30.5 Å². The zero-order valence-corrected chi connectivity index (χ0v) is 12.5. The van der Waals surface area contributed by atoms with Crippen LogP contribution >= 0.6 is 11.3 Å². The van der Waals surface area contributed by atoms with Crippen molar-refractivity contribution >= 4 is 11.3 Å². The van der Waals surface area contributed by atoms with Crippen LogP contribution in [0.2, 0.25) is 0 Å². The summed E-state index contributed by atoms with van der Waals surface area (Å²) in [7, 11) is 1.93. The number of hydrogen-bond donors (Lipinski definition) is 1. The van der Waals surface area contributed by atoms with Crippen LogP contribution < -0.4 is 5.32 Å². The first-order chi connectivity index (χ1) is 9.13. The van der Waals surface area contributed by atoms with Crippen molar-refractivity contribution in [1.82, 2.24) is 5.32 Å². The van der Waals surface area contributed by atoms with Gasteiger partial charge in [-0.3, -0.25) is 0 Å². The van der Waals surface area contributed by atoms with Crippen LogP contribution in [0.1, 0.15) is 33.8 Å². The van der Waals surface area contributed by atoms with Crippen molar-refractivity contribution in [1.29, 1.82) is 0 Å². The molecule has 0 bridgehead atoms. The fraction of sp³-hybridized carbons (Fsp3) is 0.375. The van der Waals surface area contributed by atoms with Gasteiger partial charge in [0.25, 0.3) is 0 Å². The van der Waals surface area contributed by atoms with Gasteiger partial charge in [-0.05, 0) is 49.7 Å². The molecule has 1 heterocycles. The lowest BCUT2D eigenvalue weighted by atomic mass is 10.0. The molecule has 1 N–H and O–H groups in total. The maximum absolute atomic E-state index is 13.6. The summed E-state index contributed by atoms with van der Waals surface area (Å²) in [6.45, 7) is 3.96. The number of thiophene rings is 1. The topological polar surface area (TPSA) is 12.0 Å². The number of hydrogen-bond acceptors (Lipinski definition) is 2. The molecule has 2 rings (SSSR count). The van der Waals surface area contributed by atoms with Crippen molar-refractivity contribution in [3.8, 4) is 0 Å². The first-order valence-electron chi connectivity index (χ1n) is 6.65. The fourth-order valence-corrected chi connectivity index (χ4v) is 3.14. The molecule has 102 valence electrons. The molecule has 0 aliphatic carbocycles. The largest absolute Gasteiger partial charge is 0.313 e. The summed E-state index contributed by atoms with van der Waals surface area (Å²) in [6.07, 6.45) is 1.98. The normalized spacial score (nSPS) is 12.6. The van der Waals surface area contributed by atoms with E-state index in [0.29, 0.717) is 5.56 Å². The molecule has 0 fully saturated rings. The van der Waals surface area contributed by atoms with E-state index in [9.17, 15) is 4.39 Å². The van der Waals surface area contributed by atoms with E-state index in [2.05, 4.69) is 24.4 Å². The summed E-state index contributed by atoms with van der Waals surface area (Å²) in [5.41, 5.74) is 1.71. The van der Waals surface area contributed by atoms with Gasteiger partial charge in [0.15, 0.2) is 0 Å². The number of benzene rings is 1. The van der Waals surface area contributed by atoms with Crippen LogP contribution in [-0.4, -0.2) is 7.05 Å². The van der Waals surface area contributed by atoms with Gasteiger partial charge in [0.1, 0.15) is 5.82 Å². The van der Waals surface area contributed by atoms with Crippen molar-refractivity contribution in [2.75, 3.05) is 7.05 Å². The summed E-state index contributed by atoms with van der Waals surface area (Å²) in [6, 6.07) is 10.0. The number of nitrogens with one attached hydrogen (secondary N) is 1. The second-order valence-corrected chi connectivity index (χ2v) is 6.03. The van der Waals surface area contributed by atoms with Gasteiger partial charge in [-0.15, -0.1) is 11.3 Å². The first-order valence-corrected chi connectivity index (χ1v) is 7.46. The molecule has 1 nitrogen and oxygen atoms in total. The minimum absolute atomic E-state index is 0.127. The molecule has 0 aliphatic heterocycles. The van der Waals surface area contributed by atoms with E-state index >= 15 is 0 Å². The van der Waals surface area contributed by atoms with E-state index in [1.165, 1.54) is 9.75 Å². The van der Waals surface area contributed by atoms with Gasteiger partial charge in [-0.2, -0.15) is 0 Å². The van der Waals surface area contributed by atoms with E-state index in [4.69, 9.17) is 0 Å². The quantitative estimate of drug-likeness (QED) is 0.861. The minimum atomic E-state index is -0.127. The second-order valence-electron chi connectivity index (χ2n) is 4.78. The van der Waals surface area contributed by atoms with E-state index in [-0.39, 0.29) is 11.9 Å². The van der Waals surface area contributed by atoms with E-state index in [1.54, 1.807) is 13.0 Å². The Hall–Kier alpha value is -1.19. The molecule has 0 saturated heterocycles. The molecular weight excluding hydrogens is 257 g/mol. The van der Waals surface area contributed by atoms with Crippen molar-refractivity contribution < 1.29 is 4.39 Å². The third kappa shape index (κ3) is 3.43. The van der Waals surface area contributed by atoms with Gasteiger partial charge in [-0.1, -0.05) is 19.1 Å². The van der Waals surface area contributed by atoms with Crippen LogP contribution in [-0.2, 0) is 12.8 Å². The van der Waals surface area contributed by atoms with E-state index < -0.39 is 0 Å². The SMILES string of the molecule is CCc1ccc(CC(NC)c2ccc(C)c(F)c2)s1. The Kier molecular flexibility index (Phi) is 4.72. The van der Waals surface area contributed by atoms with Gasteiger partial charge >= 0.3 is 0 Å². The van der Waals surface area contributed by atoms with Crippen LogP contribution in [0.15, 0.2) is 30.3 Å². The highest BCUT2D eigenvalue weighted by atomic mass is 32.1. The molecular formula is C16H20FNS. The van der Waals surface area contributed by atoms with Crippen LogP contribution in [0.25, 0.3) is 0 Å². The second kappa shape index (κ2) is 6.31. The fourth-order valence-electron chi connectivity index (χ4n) is 2.14. The predicted molar refractivity (Wildman–Crippen MR) is 80.3 cm³/mol. The van der Waals surface area contributed by atoms with Crippen molar-refractivity contribution in [2.45, 2.75) is 32.7 Å². The summed E-state index contributed by atoms with van der Waals surface area (Å²) in [5.74, 6) is -0.127. The molecule has 1 aromatic heterocycles. The van der Waals surface area contributed by atoms with Crippen molar-refractivity contribution in [3.05, 3.63) is 57.0 Å². The monoisotopic (exact) mass is 277 g/mol. The number of halogens is 1. The smallest absolute Gasteiger partial charge is 0.126 e. The lowest BCUT2D eigenvalue weighted by molar-refractivity contribution is 0.577. The zero-order valence-electron chi connectivity index (χ0n) is 11.7. The Labute approximate surface area is 118 Å². The number of likely N-dealkylation sites (N-methyl/N-ethyl adjacent to an activating group) is 1. The van der Waals surface area contributed by atoms with Crippen LogP contribution in [0.4, 0.5) is 4.39 Å².